The van der Waals surface area contributed by atoms with E-state index in [1.807, 2.05) is 42.7 Å². The van der Waals surface area contributed by atoms with Gasteiger partial charge in [-0.05, 0) is 43.2 Å². The molecule has 1 atom stereocenters. The zero-order valence-electron chi connectivity index (χ0n) is 19.6. The molecule has 8 heteroatoms. The summed E-state index contributed by atoms with van der Waals surface area (Å²) in [6.45, 7) is 4.80. The molecule has 8 nitrogen and oxygen atoms in total. The van der Waals surface area contributed by atoms with E-state index < -0.39 is 24.5 Å². The lowest BCUT2D eigenvalue weighted by Crippen LogP contribution is -2.49. The highest BCUT2D eigenvalue weighted by molar-refractivity contribution is 6.00. The van der Waals surface area contributed by atoms with Gasteiger partial charge in [-0.1, -0.05) is 24.3 Å². The summed E-state index contributed by atoms with van der Waals surface area (Å²) in [6, 6.07) is 11.8. The van der Waals surface area contributed by atoms with Crippen molar-refractivity contribution in [3.63, 3.8) is 0 Å². The number of ether oxygens (including phenoxy) is 2. The highest BCUT2D eigenvalue weighted by Crippen LogP contribution is 2.26. The summed E-state index contributed by atoms with van der Waals surface area (Å²) in [5, 5.41) is 0. The van der Waals surface area contributed by atoms with E-state index in [2.05, 4.69) is 0 Å². The van der Waals surface area contributed by atoms with Gasteiger partial charge in [0.15, 0.2) is 12.4 Å². The van der Waals surface area contributed by atoms with E-state index in [0.717, 1.165) is 22.5 Å². The third-order valence-corrected chi connectivity index (χ3v) is 6.25. The van der Waals surface area contributed by atoms with Crippen LogP contribution in [0.2, 0.25) is 0 Å². The number of rotatable bonds is 8. The van der Waals surface area contributed by atoms with Gasteiger partial charge in [0.25, 0.3) is 5.91 Å². The molecule has 0 saturated heterocycles. The van der Waals surface area contributed by atoms with Crippen LogP contribution in [0.1, 0.15) is 43.4 Å². The molecule has 178 valence electrons. The van der Waals surface area contributed by atoms with Crippen molar-refractivity contribution in [1.29, 1.82) is 0 Å². The highest BCUT2D eigenvalue weighted by Gasteiger charge is 2.37. The maximum absolute atomic E-state index is 13.1. The number of fused-ring (bicyclic) bond motifs is 1. The van der Waals surface area contributed by atoms with E-state index in [0.29, 0.717) is 25.1 Å². The summed E-state index contributed by atoms with van der Waals surface area (Å²) < 4.78 is 17.9. The quantitative estimate of drug-likeness (QED) is 0.375. The summed E-state index contributed by atoms with van der Waals surface area (Å²) in [4.78, 5) is 40.5. The molecular formula is C26H28N2O6. The zero-order chi connectivity index (χ0) is 24.2. The first-order valence-corrected chi connectivity index (χ1v) is 11.2. The molecule has 0 aliphatic carbocycles. The number of carbonyl (C=O) groups is 3. The van der Waals surface area contributed by atoms with Gasteiger partial charge >= 0.3 is 5.97 Å². The molecule has 0 radical (unpaired) electrons. The fourth-order valence-corrected chi connectivity index (χ4v) is 4.41. The molecule has 3 aromatic rings. The van der Waals surface area contributed by atoms with Crippen LogP contribution in [0.3, 0.4) is 0 Å². The van der Waals surface area contributed by atoms with E-state index in [1.54, 1.807) is 25.3 Å². The first-order chi connectivity index (χ1) is 16.4. The molecule has 0 saturated carbocycles. The van der Waals surface area contributed by atoms with Crippen LogP contribution in [0.15, 0.2) is 53.1 Å². The Kier molecular flexibility index (Phi) is 6.98. The van der Waals surface area contributed by atoms with Crippen LogP contribution in [0, 0.1) is 13.8 Å². The molecule has 1 amide bonds. The van der Waals surface area contributed by atoms with Crippen LogP contribution in [0.25, 0.3) is 0 Å². The zero-order valence-corrected chi connectivity index (χ0v) is 19.6. The van der Waals surface area contributed by atoms with Crippen LogP contribution in [0.4, 0.5) is 0 Å². The molecule has 1 aliphatic heterocycles. The topological polar surface area (TPSA) is 91.0 Å². The number of ketones is 1. The Morgan fingerprint density at radius 3 is 2.56 bits per heavy atom. The van der Waals surface area contributed by atoms with Gasteiger partial charge in [-0.2, -0.15) is 0 Å². The third kappa shape index (κ3) is 4.68. The molecule has 4 rings (SSSR count). The average molecular weight is 465 g/mol. The summed E-state index contributed by atoms with van der Waals surface area (Å²) >= 11 is 0. The number of benzene rings is 1. The second-order valence-corrected chi connectivity index (χ2v) is 8.36. The Balaban J connectivity index is 1.49. The lowest BCUT2D eigenvalue weighted by molar-refractivity contribution is -0.148. The van der Waals surface area contributed by atoms with Gasteiger partial charge in [0.05, 0.1) is 12.9 Å². The van der Waals surface area contributed by atoms with E-state index in [4.69, 9.17) is 13.9 Å². The van der Waals surface area contributed by atoms with Crippen LogP contribution < -0.4 is 0 Å². The van der Waals surface area contributed by atoms with Crippen LogP contribution in [-0.2, 0) is 33.8 Å². The summed E-state index contributed by atoms with van der Waals surface area (Å²) in [6.07, 6.45) is 1.72. The minimum Gasteiger partial charge on any atom is -0.459 e. The van der Waals surface area contributed by atoms with Gasteiger partial charge in [-0.25, -0.2) is 4.79 Å². The van der Waals surface area contributed by atoms with E-state index >= 15 is 0 Å². The van der Waals surface area contributed by atoms with E-state index in [9.17, 15) is 14.4 Å². The molecule has 3 heterocycles. The maximum atomic E-state index is 13.1. The van der Waals surface area contributed by atoms with Crippen LogP contribution >= 0.6 is 0 Å². The molecule has 1 unspecified atom stereocenters. The van der Waals surface area contributed by atoms with Crippen molar-refractivity contribution in [2.24, 2.45) is 0 Å². The van der Waals surface area contributed by atoms with Crippen molar-refractivity contribution in [2.45, 2.75) is 39.4 Å². The SMILES string of the molecule is COCCn1c(C)cc(C(=O)COC(=O)C2Cc3ccccc3CN2C(=O)c2ccco2)c1C. The number of amides is 1. The number of methoxy groups -OCH3 is 1. The van der Waals surface area contributed by atoms with Crippen molar-refractivity contribution in [3.8, 4) is 0 Å². The largest absolute Gasteiger partial charge is 0.459 e. The molecule has 34 heavy (non-hydrogen) atoms. The summed E-state index contributed by atoms with van der Waals surface area (Å²) in [5.74, 6) is -1.15. The standard InChI is InChI=1S/C26H28N2O6/c1-17-13-21(18(2)27(17)10-12-32-3)23(29)16-34-26(31)22-14-19-7-4-5-8-20(19)15-28(22)25(30)24-9-6-11-33-24/h4-9,11,13,22H,10,12,14-16H2,1-3H3. The number of aryl methyl sites for hydroxylation is 1. The number of Topliss-reactive ketones (excluding diaryl/α,β-unsaturated/α-hetero) is 1. The van der Waals surface area contributed by atoms with Crippen molar-refractivity contribution in [2.75, 3.05) is 20.3 Å². The second kappa shape index (κ2) is 10.1. The van der Waals surface area contributed by atoms with Crippen LogP contribution in [0.5, 0.6) is 0 Å². The van der Waals surface area contributed by atoms with Crippen molar-refractivity contribution >= 4 is 17.7 Å². The Morgan fingerprint density at radius 1 is 1.09 bits per heavy atom. The fraction of sp³-hybridized carbons (Fsp3) is 0.346. The number of furan rings is 1. The van der Waals surface area contributed by atoms with Gasteiger partial charge in [0, 0.05) is 43.6 Å². The number of esters is 1. The summed E-state index contributed by atoms with van der Waals surface area (Å²) in [5.41, 5.74) is 4.19. The molecule has 0 spiro atoms. The Hall–Kier alpha value is -3.65. The minimum absolute atomic E-state index is 0.150. The first kappa shape index (κ1) is 23.5. The molecule has 1 aromatic carbocycles. The molecule has 0 N–H and O–H groups in total. The lowest BCUT2D eigenvalue weighted by Gasteiger charge is -2.34. The Bertz CT molecular complexity index is 1190. The number of aromatic nitrogens is 1. The van der Waals surface area contributed by atoms with Gasteiger partial charge in [0.1, 0.15) is 6.04 Å². The van der Waals surface area contributed by atoms with Crippen molar-refractivity contribution in [1.82, 2.24) is 9.47 Å². The monoisotopic (exact) mass is 464 g/mol. The van der Waals surface area contributed by atoms with E-state index in [-0.39, 0.29) is 18.1 Å². The van der Waals surface area contributed by atoms with Crippen molar-refractivity contribution in [3.05, 3.63) is 82.6 Å². The molecule has 2 aromatic heterocycles. The molecule has 0 fully saturated rings. The van der Waals surface area contributed by atoms with Gasteiger partial charge in [0.2, 0.25) is 5.78 Å². The lowest BCUT2D eigenvalue weighted by atomic mass is 9.93. The van der Waals surface area contributed by atoms with E-state index in [1.165, 1.54) is 11.2 Å². The number of carbonyl (C=O) groups excluding carboxylic acids is 3. The third-order valence-electron chi connectivity index (χ3n) is 6.25. The predicted octanol–water partition coefficient (Wildman–Crippen LogP) is 3.34. The first-order valence-electron chi connectivity index (χ1n) is 11.2. The highest BCUT2D eigenvalue weighted by atomic mass is 16.5. The fourth-order valence-electron chi connectivity index (χ4n) is 4.41. The molecular weight excluding hydrogens is 436 g/mol. The van der Waals surface area contributed by atoms with Crippen molar-refractivity contribution < 1.29 is 28.3 Å². The number of hydrogen-bond donors (Lipinski definition) is 0. The normalized spacial score (nSPS) is 15.1. The predicted molar refractivity (Wildman–Crippen MR) is 124 cm³/mol. The minimum atomic E-state index is -0.852. The molecule has 1 aliphatic rings. The maximum Gasteiger partial charge on any atom is 0.329 e. The van der Waals surface area contributed by atoms with Gasteiger partial charge in [-0.3, -0.25) is 9.59 Å². The second-order valence-electron chi connectivity index (χ2n) is 8.36. The number of hydrogen-bond acceptors (Lipinski definition) is 6. The molecule has 0 bridgehead atoms. The smallest absolute Gasteiger partial charge is 0.329 e. The van der Waals surface area contributed by atoms with Crippen LogP contribution in [-0.4, -0.2) is 53.5 Å². The summed E-state index contributed by atoms with van der Waals surface area (Å²) in [7, 11) is 1.63. The Labute approximate surface area is 198 Å². The van der Waals surface area contributed by atoms with Gasteiger partial charge in [-0.15, -0.1) is 0 Å². The number of nitrogens with zero attached hydrogens (tertiary/aromatic N) is 2. The van der Waals surface area contributed by atoms with Gasteiger partial charge < -0.3 is 23.4 Å². The Morgan fingerprint density at radius 2 is 1.85 bits per heavy atom. The average Bonchev–Trinajstić information content (AvgIpc) is 3.48.